The van der Waals surface area contributed by atoms with E-state index in [0.29, 0.717) is 27.3 Å². The van der Waals surface area contributed by atoms with Crippen LogP contribution in [0.4, 0.5) is 13.2 Å². The number of nitrogen functional groups attached to an aromatic ring is 2. The molecule has 17 nitrogen and oxygen atoms in total. The Morgan fingerprint density at radius 1 is 0.877 bits per heavy atom. The van der Waals surface area contributed by atoms with Gasteiger partial charge in [0.05, 0.1) is 13.7 Å². The van der Waals surface area contributed by atoms with Crippen molar-refractivity contribution in [2.24, 2.45) is 11.5 Å². The fraction of sp³-hybridized carbons (Fsp3) is 0.297. The number of carboxylic acids is 1. The van der Waals surface area contributed by atoms with Crippen LogP contribution in [0.25, 0.3) is 0 Å². The number of nitrogens with zero attached hydrogens (tertiary/aromatic N) is 2. The molecule has 302 valence electrons. The van der Waals surface area contributed by atoms with Gasteiger partial charge in [-0.1, -0.05) is 36.4 Å². The molecule has 20 heteroatoms. The number of halogens is 3. The minimum absolute atomic E-state index is 0.0244. The van der Waals surface area contributed by atoms with E-state index < -0.39 is 73.1 Å². The number of benzene rings is 3. The third-order valence-corrected chi connectivity index (χ3v) is 8.77. The average molecular weight is 797 g/mol. The van der Waals surface area contributed by atoms with Crippen molar-refractivity contribution in [3.63, 3.8) is 0 Å². The first-order chi connectivity index (χ1) is 26.9. The Morgan fingerprint density at radius 3 is 1.89 bits per heavy atom. The molecule has 0 aromatic heterocycles. The number of hydrogen-bond acceptors (Lipinski definition) is 10. The van der Waals surface area contributed by atoms with E-state index in [4.69, 9.17) is 27.0 Å². The lowest BCUT2D eigenvalue weighted by Crippen LogP contribution is -2.67. The number of hydrogen-bond donors (Lipinski definition) is 7. The number of nitrogens with two attached hydrogens (primary N) is 2. The van der Waals surface area contributed by atoms with Crippen molar-refractivity contribution in [1.29, 1.82) is 10.8 Å². The van der Waals surface area contributed by atoms with E-state index in [1.165, 1.54) is 55.6 Å². The highest BCUT2D eigenvalue weighted by Crippen LogP contribution is 2.26. The number of rotatable bonds is 16. The van der Waals surface area contributed by atoms with Gasteiger partial charge in [0.15, 0.2) is 6.23 Å². The standard InChI is InChI=1S/C37H39F3N8O9/c1-56-25-14-4-20(5-15-25)17-26(46-33(52)24-12-8-22(9-13-24)31(43)44)34(53)47-18-28(57-36(55)37(38,39)40)48(19-29(49)50)35(54)27(47)3-2-16-45-32(51)23-10-6-21(7-11-23)30(41)42/h4-15,26-28H,2-3,16-19H2,1H3,(H3,41,42)(H3,43,44)(H,45,51)(H,46,52)(H,49,50)/t26-,27-,28?/m0/s1. The number of carbonyl (C=O) groups is 6. The molecule has 3 atom stereocenters. The monoisotopic (exact) mass is 796 g/mol. The predicted molar refractivity (Wildman–Crippen MR) is 195 cm³/mol. The number of carbonyl (C=O) groups excluding carboxylic acids is 5. The van der Waals surface area contributed by atoms with Crippen molar-refractivity contribution in [3.05, 3.63) is 101 Å². The maximum Gasteiger partial charge on any atom is 0.491 e. The smallest absolute Gasteiger partial charge is 0.491 e. The topological polar surface area (TPSA) is 271 Å². The van der Waals surface area contributed by atoms with Gasteiger partial charge < -0.3 is 41.6 Å². The number of esters is 1. The van der Waals surface area contributed by atoms with Gasteiger partial charge in [0.1, 0.15) is 36.0 Å². The number of amidine groups is 2. The molecule has 4 amide bonds. The molecule has 0 spiro atoms. The fourth-order valence-electron chi connectivity index (χ4n) is 5.84. The van der Waals surface area contributed by atoms with Gasteiger partial charge in [0, 0.05) is 35.2 Å². The summed E-state index contributed by atoms with van der Waals surface area (Å²) in [5, 5.41) is 29.9. The molecular weight excluding hydrogens is 757 g/mol. The first-order valence-electron chi connectivity index (χ1n) is 17.1. The molecule has 0 bridgehead atoms. The van der Waals surface area contributed by atoms with Crippen LogP contribution >= 0.6 is 0 Å². The summed E-state index contributed by atoms with van der Waals surface area (Å²) >= 11 is 0. The van der Waals surface area contributed by atoms with E-state index in [0.717, 1.165) is 4.90 Å². The molecule has 1 aliphatic rings. The predicted octanol–water partition coefficient (Wildman–Crippen LogP) is 1.37. The maximum atomic E-state index is 14.5. The first-order valence-corrected chi connectivity index (χ1v) is 17.1. The lowest BCUT2D eigenvalue weighted by atomic mass is 9.99. The van der Waals surface area contributed by atoms with Crippen LogP contribution in [0.5, 0.6) is 5.75 Å². The van der Waals surface area contributed by atoms with Gasteiger partial charge in [0.25, 0.3) is 11.8 Å². The molecule has 4 rings (SSSR count). The summed E-state index contributed by atoms with van der Waals surface area (Å²) in [6, 6.07) is 14.5. The number of methoxy groups -OCH3 is 1. The Morgan fingerprint density at radius 2 is 1.40 bits per heavy atom. The van der Waals surface area contributed by atoms with Gasteiger partial charge in [-0.3, -0.25) is 39.7 Å². The Hall–Kier alpha value is -6.99. The van der Waals surface area contributed by atoms with Crippen LogP contribution in [0.1, 0.15) is 50.2 Å². The maximum absolute atomic E-state index is 14.5. The van der Waals surface area contributed by atoms with Crippen LogP contribution in [0.3, 0.4) is 0 Å². The molecule has 1 heterocycles. The first kappa shape index (κ1) is 42.7. The third kappa shape index (κ3) is 11.3. The lowest BCUT2D eigenvalue weighted by Gasteiger charge is -2.45. The van der Waals surface area contributed by atoms with Crippen molar-refractivity contribution in [1.82, 2.24) is 20.4 Å². The van der Waals surface area contributed by atoms with Crippen molar-refractivity contribution in [2.75, 3.05) is 26.7 Å². The molecule has 1 unspecified atom stereocenters. The molecule has 3 aromatic carbocycles. The van der Waals surface area contributed by atoms with Crippen molar-refractivity contribution in [3.8, 4) is 5.75 Å². The van der Waals surface area contributed by atoms with E-state index >= 15 is 0 Å². The van der Waals surface area contributed by atoms with Gasteiger partial charge in [0.2, 0.25) is 11.8 Å². The SMILES string of the molecule is COc1ccc(C[C@H](NC(=O)c2ccc(C(=N)N)cc2)C(=O)N2CC(OC(=O)C(F)(F)F)N(CC(=O)O)C(=O)[C@@H]2CCCNC(=O)c2ccc(C(=N)N)cc2)cc1. The van der Waals surface area contributed by atoms with Gasteiger partial charge in [-0.15, -0.1) is 0 Å². The molecule has 1 aliphatic heterocycles. The molecule has 9 N–H and O–H groups in total. The lowest BCUT2D eigenvalue weighted by molar-refractivity contribution is -0.219. The highest BCUT2D eigenvalue weighted by atomic mass is 19.4. The van der Waals surface area contributed by atoms with Crippen molar-refractivity contribution < 1.29 is 56.5 Å². The molecular formula is C37H39F3N8O9. The number of amides is 4. The molecule has 0 radical (unpaired) electrons. The Balaban J connectivity index is 1.67. The number of aliphatic carboxylic acids is 1. The summed E-state index contributed by atoms with van der Waals surface area (Å²) in [6.07, 6.45) is -8.25. The summed E-state index contributed by atoms with van der Waals surface area (Å²) in [7, 11) is 1.43. The quantitative estimate of drug-likeness (QED) is 0.0471. The van der Waals surface area contributed by atoms with E-state index in [1.54, 1.807) is 24.3 Å². The Bertz CT molecular complexity index is 2010. The van der Waals surface area contributed by atoms with Crippen molar-refractivity contribution in [2.45, 2.75) is 43.8 Å². The van der Waals surface area contributed by atoms with E-state index in [2.05, 4.69) is 15.4 Å². The van der Waals surface area contributed by atoms with Crippen LogP contribution in [0, 0.1) is 10.8 Å². The van der Waals surface area contributed by atoms with Crippen LogP contribution in [0.2, 0.25) is 0 Å². The summed E-state index contributed by atoms with van der Waals surface area (Å²) in [5.74, 6) is -7.90. The van der Waals surface area contributed by atoms with Crippen LogP contribution in [-0.4, -0.2) is 113 Å². The number of nitrogens with one attached hydrogen (secondary N) is 4. The van der Waals surface area contributed by atoms with Crippen LogP contribution in [-0.2, 0) is 30.3 Å². The average Bonchev–Trinajstić information content (AvgIpc) is 3.17. The Kier molecular flexibility index (Phi) is 13.9. The summed E-state index contributed by atoms with van der Waals surface area (Å²) in [4.78, 5) is 79.8. The number of ether oxygens (including phenoxy) is 2. The highest BCUT2D eigenvalue weighted by molar-refractivity contribution is 6.01. The molecule has 1 saturated heterocycles. The second-order valence-electron chi connectivity index (χ2n) is 12.7. The molecule has 0 saturated carbocycles. The summed E-state index contributed by atoms with van der Waals surface area (Å²) < 4.78 is 49.9. The highest BCUT2D eigenvalue weighted by Gasteiger charge is 2.49. The van der Waals surface area contributed by atoms with E-state index in [1.807, 2.05) is 0 Å². The van der Waals surface area contributed by atoms with Gasteiger partial charge in [-0.05, 0) is 54.8 Å². The summed E-state index contributed by atoms with van der Waals surface area (Å²) in [6.45, 7) is -2.20. The van der Waals surface area contributed by atoms with E-state index in [-0.39, 0.29) is 48.6 Å². The molecule has 1 fully saturated rings. The second kappa shape index (κ2) is 18.6. The van der Waals surface area contributed by atoms with E-state index in [9.17, 15) is 47.0 Å². The van der Waals surface area contributed by atoms with Crippen LogP contribution < -0.4 is 26.8 Å². The number of carboxylic acid groups (broad SMARTS) is 1. The molecule has 3 aromatic rings. The fourth-order valence-corrected chi connectivity index (χ4v) is 5.84. The van der Waals surface area contributed by atoms with Gasteiger partial charge in [-0.25, -0.2) is 4.79 Å². The third-order valence-electron chi connectivity index (χ3n) is 8.77. The summed E-state index contributed by atoms with van der Waals surface area (Å²) in [5.41, 5.74) is 12.4. The number of piperazine rings is 1. The minimum Gasteiger partial charge on any atom is -0.497 e. The number of alkyl halides is 3. The largest absolute Gasteiger partial charge is 0.497 e. The van der Waals surface area contributed by atoms with Crippen LogP contribution in [0.15, 0.2) is 72.8 Å². The normalized spacial score (nSPS) is 15.9. The zero-order valence-electron chi connectivity index (χ0n) is 30.3. The molecule has 57 heavy (non-hydrogen) atoms. The zero-order chi connectivity index (χ0) is 42.0. The van der Waals surface area contributed by atoms with Crippen molar-refractivity contribution >= 4 is 47.2 Å². The molecule has 0 aliphatic carbocycles. The van der Waals surface area contributed by atoms with Gasteiger partial charge in [-0.2, -0.15) is 13.2 Å². The second-order valence-corrected chi connectivity index (χ2v) is 12.7. The van der Waals surface area contributed by atoms with Gasteiger partial charge >= 0.3 is 18.1 Å². The minimum atomic E-state index is -5.54. The zero-order valence-corrected chi connectivity index (χ0v) is 30.3. The Labute approximate surface area is 323 Å².